The maximum atomic E-state index is 13.1. The number of fused-ring (bicyclic) bond motifs is 1. The molecule has 3 heterocycles. The number of anilines is 3. The number of benzene rings is 2. The summed E-state index contributed by atoms with van der Waals surface area (Å²) in [4.78, 5) is 39.1. The number of aromatic nitrogens is 3. The van der Waals surface area contributed by atoms with Crippen molar-refractivity contribution in [1.29, 1.82) is 0 Å². The van der Waals surface area contributed by atoms with Gasteiger partial charge in [0, 0.05) is 53.2 Å². The first-order chi connectivity index (χ1) is 18.4. The van der Waals surface area contributed by atoms with Crippen molar-refractivity contribution < 1.29 is 9.59 Å². The van der Waals surface area contributed by atoms with E-state index in [9.17, 15) is 9.59 Å². The molecule has 38 heavy (non-hydrogen) atoms. The van der Waals surface area contributed by atoms with Crippen molar-refractivity contribution in [2.45, 2.75) is 12.5 Å². The second-order valence-electron chi connectivity index (χ2n) is 9.39. The maximum Gasteiger partial charge on any atom is 0.247 e. The highest BCUT2D eigenvalue weighted by Gasteiger charge is 2.30. The molecule has 1 saturated heterocycles. The quantitative estimate of drug-likeness (QED) is 0.256. The van der Waals surface area contributed by atoms with Crippen molar-refractivity contribution in [3.05, 3.63) is 78.6 Å². The van der Waals surface area contributed by atoms with Crippen LogP contribution in [-0.2, 0) is 9.59 Å². The third-order valence-corrected chi connectivity index (χ3v) is 6.81. The van der Waals surface area contributed by atoms with E-state index < -0.39 is 0 Å². The Balaban J connectivity index is 1.26. The number of halogens is 1. The molecule has 1 aliphatic heterocycles. The van der Waals surface area contributed by atoms with Gasteiger partial charge in [0.05, 0.1) is 22.8 Å². The molecule has 4 aromatic rings. The van der Waals surface area contributed by atoms with Gasteiger partial charge in [-0.15, -0.1) is 0 Å². The zero-order valence-corrected chi connectivity index (χ0v) is 21.6. The fourth-order valence-corrected chi connectivity index (χ4v) is 4.96. The zero-order valence-electron chi connectivity index (χ0n) is 20.9. The Hall–Kier alpha value is -4.21. The molecule has 0 saturated carbocycles. The molecule has 9 nitrogen and oxygen atoms in total. The number of hydrogen-bond acceptors (Lipinski definition) is 6. The van der Waals surface area contributed by atoms with E-state index in [1.807, 2.05) is 37.5 Å². The number of likely N-dealkylation sites (N-methyl/N-ethyl adjacent to an activating group) is 1. The van der Waals surface area contributed by atoms with Gasteiger partial charge in [-0.1, -0.05) is 36.4 Å². The van der Waals surface area contributed by atoms with Crippen LogP contribution < -0.4 is 16.0 Å². The average Bonchev–Trinajstić information content (AvgIpc) is 3.34. The number of rotatable bonds is 7. The number of amides is 2. The van der Waals surface area contributed by atoms with Gasteiger partial charge >= 0.3 is 0 Å². The molecule has 2 aromatic heterocycles. The standard InChI is InChI=1S/C28H28ClN7O2/c1-3-25(37)32-18-8-10-19(11-9-18)33-27(38)17-12-20(16-36(2)15-17)34-28-31-14-23(29)26(35-28)22-13-30-24-7-5-4-6-21(22)24/h3-11,13-14,17,20,30H,1,12,15-16H2,2H3,(H,32,37)(H,33,38)(H,31,34,35). The van der Waals surface area contributed by atoms with Crippen LogP contribution >= 0.6 is 11.6 Å². The topological polar surface area (TPSA) is 115 Å². The lowest BCUT2D eigenvalue weighted by Gasteiger charge is -2.35. The molecule has 0 spiro atoms. The number of piperidine rings is 1. The van der Waals surface area contributed by atoms with E-state index >= 15 is 0 Å². The number of likely N-dealkylation sites (tertiary alicyclic amines) is 1. The number of nitrogens with one attached hydrogen (secondary N) is 4. The number of carbonyl (C=O) groups is 2. The number of hydrogen-bond donors (Lipinski definition) is 4. The van der Waals surface area contributed by atoms with E-state index in [1.54, 1.807) is 30.5 Å². The molecular formula is C28H28ClN7O2. The molecule has 2 aromatic carbocycles. The Bertz CT molecular complexity index is 1480. The fourth-order valence-electron chi connectivity index (χ4n) is 4.76. The van der Waals surface area contributed by atoms with Crippen LogP contribution in [0.15, 0.2) is 73.6 Å². The summed E-state index contributed by atoms with van der Waals surface area (Å²) in [5.74, 6) is -0.121. The van der Waals surface area contributed by atoms with Crippen LogP contribution in [-0.4, -0.2) is 57.8 Å². The van der Waals surface area contributed by atoms with Gasteiger partial charge in [0.1, 0.15) is 0 Å². The summed E-state index contributed by atoms with van der Waals surface area (Å²) < 4.78 is 0. The minimum atomic E-state index is -0.288. The van der Waals surface area contributed by atoms with Crippen LogP contribution in [0.1, 0.15) is 6.42 Å². The van der Waals surface area contributed by atoms with Crippen LogP contribution in [0.2, 0.25) is 5.02 Å². The van der Waals surface area contributed by atoms with Crippen molar-refractivity contribution in [2.75, 3.05) is 36.1 Å². The summed E-state index contributed by atoms with van der Waals surface area (Å²) in [5, 5.41) is 10.6. The SMILES string of the molecule is C=CC(=O)Nc1ccc(NC(=O)C2CC(Nc3ncc(Cl)c(-c4c[nH]c5ccccc45)n3)CN(C)C2)cc1. The molecule has 5 rings (SSSR count). The van der Waals surface area contributed by atoms with Crippen molar-refractivity contribution in [3.63, 3.8) is 0 Å². The Morgan fingerprint density at radius 1 is 1.11 bits per heavy atom. The molecule has 194 valence electrons. The van der Waals surface area contributed by atoms with Crippen molar-refractivity contribution in [1.82, 2.24) is 19.9 Å². The number of para-hydroxylation sites is 1. The number of aromatic amines is 1. The van der Waals surface area contributed by atoms with Crippen LogP contribution in [0.3, 0.4) is 0 Å². The first kappa shape index (κ1) is 25.4. The monoisotopic (exact) mass is 529 g/mol. The highest BCUT2D eigenvalue weighted by molar-refractivity contribution is 6.33. The van der Waals surface area contributed by atoms with Gasteiger partial charge in [0.2, 0.25) is 17.8 Å². The van der Waals surface area contributed by atoms with Gasteiger partial charge in [0.25, 0.3) is 0 Å². The van der Waals surface area contributed by atoms with Crippen molar-refractivity contribution in [2.24, 2.45) is 5.92 Å². The van der Waals surface area contributed by atoms with Crippen molar-refractivity contribution >= 4 is 51.6 Å². The molecule has 2 amide bonds. The highest BCUT2D eigenvalue weighted by Crippen LogP contribution is 2.32. The average molecular weight is 530 g/mol. The van der Waals surface area contributed by atoms with Crippen LogP contribution in [0.5, 0.6) is 0 Å². The smallest absolute Gasteiger partial charge is 0.247 e. The maximum absolute atomic E-state index is 13.1. The third kappa shape index (κ3) is 5.69. The Labute approximate surface area is 225 Å². The molecule has 1 aliphatic rings. The molecule has 1 fully saturated rings. The lowest BCUT2D eigenvalue weighted by Crippen LogP contribution is -2.48. The Kier molecular flexibility index (Phi) is 7.39. The molecule has 10 heteroatoms. The normalized spacial score (nSPS) is 17.6. The van der Waals surface area contributed by atoms with E-state index in [0.717, 1.165) is 23.0 Å². The van der Waals surface area contributed by atoms with Gasteiger partial charge in [0.15, 0.2) is 0 Å². The minimum Gasteiger partial charge on any atom is -0.360 e. The first-order valence-corrected chi connectivity index (χ1v) is 12.7. The molecule has 0 bridgehead atoms. The Morgan fingerprint density at radius 3 is 2.61 bits per heavy atom. The fraction of sp³-hybridized carbons (Fsp3) is 0.214. The first-order valence-electron chi connectivity index (χ1n) is 12.3. The molecule has 4 N–H and O–H groups in total. The number of H-pyrrole nitrogens is 1. The summed E-state index contributed by atoms with van der Waals surface area (Å²) in [6, 6.07) is 14.9. The Morgan fingerprint density at radius 2 is 1.84 bits per heavy atom. The van der Waals surface area contributed by atoms with Gasteiger partial charge in [-0.25, -0.2) is 9.97 Å². The van der Waals surface area contributed by atoms with E-state index in [2.05, 4.69) is 37.4 Å². The summed E-state index contributed by atoms with van der Waals surface area (Å²) >= 11 is 6.48. The second-order valence-corrected chi connectivity index (χ2v) is 9.80. The summed E-state index contributed by atoms with van der Waals surface area (Å²) in [6.45, 7) is 4.83. The lowest BCUT2D eigenvalue weighted by molar-refractivity contribution is -0.121. The van der Waals surface area contributed by atoms with Crippen LogP contribution in [0, 0.1) is 5.92 Å². The van der Waals surface area contributed by atoms with E-state index in [1.165, 1.54) is 6.08 Å². The lowest BCUT2D eigenvalue weighted by atomic mass is 9.93. The van der Waals surface area contributed by atoms with Gasteiger partial charge < -0.3 is 25.8 Å². The van der Waals surface area contributed by atoms with Gasteiger partial charge in [-0.3, -0.25) is 9.59 Å². The summed E-state index contributed by atoms with van der Waals surface area (Å²) in [6.07, 6.45) is 5.33. The molecule has 0 aliphatic carbocycles. The predicted molar refractivity (Wildman–Crippen MR) is 151 cm³/mol. The summed E-state index contributed by atoms with van der Waals surface area (Å²) in [5.41, 5.74) is 3.85. The highest BCUT2D eigenvalue weighted by atomic mass is 35.5. The largest absolute Gasteiger partial charge is 0.360 e. The van der Waals surface area contributed by atoms with Crippen molar-refractivity contribution in [3.8, 4) is 11.3 Å². The number of nitrogens with zero attached hydrogens (tertiary/aromatic N) is 3. The molecule has 2 unspecified atom stereocenters. The van der Waals surface area contributed by atoms with Crippen LogP contribution in [0.4, 0.5) is 17.3 Å². The zero-order chi connectivity index (χ0) is 26.6. The third-order valence-electron chi connectivity index (χ3n) is 6.53. The van der Waals surface area contributed by atoms with Gasteiger partial charge in [-0.2, -0.15) is 0 Å². The van der Waals surface area contributed by atoms with E-state index in [0.29, 0.717) is 41.0 Å². The summed E-state index contributed by atoms with van der Waals surface area (Å²) in [7, 11) is 1.99. The minimum absolute atomic E-state index is 0.0296. The molecule has 0 radical (unpaired) electrons. The van der Waals surface area contributed by atoms with Gasteiger partial charge in [-0.05, 0) is 49.9 Å². The predicted octanol–water partition coefficient (Wildman–Crippen LogP) is 4.77. The second kappa shape index (κ2) is 11.0. The van der Waals surface area contributed by atoms with Crippen LogP contribution in [0.25, 0.3) is 22.2 Å². The number of carbonyl (C=O) groups excluding carboxylic acids is 2. The molecular weight excluding hydrogens is 502 g/mol. The molecule has 2 atom stereocenters. The van der Waals surface area contributed by atoms with E-state index in [4.69, 9.17) is 16.6 Å². The van der Waals surface area contributed by atoms with E-state index in [-0.39, 0.29) is 23.8 Å².